The summed E-state index contributed by atoms with van der Waals surface area (Å²) in [5.41, 5.74) is 2.31. The highest BCUT2D eigenvalue weighted by Crippen LogP contribution is 2.28. The number of hydrogen-bond donors (Lipinski definition) is 1. The fraction of sp³-hybridized carbons (Fsp3) is 0.435. The fourth-order valence-electron chi connectivity index (χ4n) is 3.91. The highest BCUT2D eigenvalue weighted by Gasteiger charge is 2.22. The van der Waals surface area contributed by atoms with Crippen molar-refractivity contribution in [2.45, 2.75) is 44.2 Å². The third-order valence-electron chi connectivity index (χ3n) is 5.72. The van der Waals surface area contributed by atoms with Crippen LogP contribution in [0, 0.1) is 0 Å². The van der Waals surface area contributed by atoms with Crippen molar-refractivity contribution >= 4 is 38.6 Å². The molecule has 32 heavy (non-hydrogen) atoms. The number of oxazole rings is 1. The van der Waals surface area contributed by atoms with Gasteiger partial charge in [-0.25, -0.2) is 8.42 Å². The fourth-order valence-corrected chi connectivity index (χ4v) is 4.98. The van der Waals surface area contributed by atoms with Crippen LogP contribution in [0.25, 0.3) is 11.1 Å². The largest absolute Gasteiger partial charge is 0.492 e. The van der Waals surface area contributed by atoms with Crippen LogP contribution in [0.5, 0.6) is 5.75 Å². The molecule has 172 valence electrons. The number of hydrogen-bond acceptors (Lipinski definition) is 7. The van der Waals surface area contributed by atoms with E-state index >= 15 is 0 Å². The highest BCUT2D eigenvalue weighted by atomic mass is 35.5. The summed E-state index contributed by atoms with van der Waals surface area (Å²) in [7, 11) is -3.27. The zero-order valence-electron chi connectivity index (χ0n) is 18.3. The van der Waals surface area contributed by atoms with Gasteiger partial charge in [-0.05, 0) is 55.7 Å². The first-order chi connectivity index (χ1) is 15.4. The Morgan fingerprint density at radius 3 is 2.69 bits per heavy atom. The molecule has 1 fully saturated rings. The number of benzene rings is 2. The predicted octanol–water partition coefficient (Wildman–Crippen LogP) is 4.75. The van der Waals surface area contributed by atoms with Gasteiger partial charge < -0.3 is 14.5 Å². The molecule has 1 aromatic heterocycles. The number of anilines is 1. The van der Waals surface area contributed by atoms with Gasteiger partial charge in [-0.3, -0.25) is 4.90 Å². The van der Waals surface area contributed by atoms with Crippen molar-refractivity contribution < 1.29 is 17.6 Å². The topological polar surface area (TPSA) is 84.7 Å². The Kier molecular flexibility index (Phi) is 6.93. The lowest BCUT2D eigenvalue weighted by Crippen LogP contribution is -2.38. The lowest BCUT2D eigenvalue weighted by atomic mass is 10.0. The second kappa shape index (κ2) is 9.68. The van der Waals surface area contributed by atoms with E-state index < -0.39 is 9.84 Å². The molecule has 1 aliphatic rings. The van der Waals surface area contributed by atoms with E-state index in [2.05, 4.69) is 15.2 Å². The van der Waals surface area contributed by atoms with Gasteiger partial charge in [-0.1, -0.05) is 24.6 Å². The van der Waals surface area contributed by atoms with Crippen LogP contribution in [0.3, 0.4) is 0 Å². The molecule has 0 bridgehead atoms. The van der Waals surface area contributed by atoms with E-state index in [0.717, 1.165) is 38.2 Å². The van der Waals surface area contributed by atoms with Gasteiger partial charge in [-0.2, -0.15) is 4.98 Å². The summed E-state index contributed by atoms with van der Waals surface area (Å²) in [6.07, 6.45) is 1.92. The summed E-state index contributed by atoms with van der Waals surface area (Å²) < 4.78 is 35.6. The maximum absolute atomic E-state index is 12.1. The molecule has 4 rings (SSSR count). The number of nitrogens with one attached hydrogen (secondary N) is 1. The summed E-state index contributed by atoms with van der Waals surface area (Å²) in [6, 6.07) is 11.5. The molecular formula is C23H28ClN3O4S. The third-order valence-corrected chi connectivity index (χ3v) is 7.76. The Morgan fingerprint density at radius 2 is 1.97 bits per heavy atom. The van der Waals surface area contributed by atoms with Crippen LogP contribution in [-0.2, 0) is 16.4 Å². The molecule has 1 aliphatic heterocycles. The molecule has 9 heteroatoms. The first-order valence-electron chi connectivity index (χ1n) is 10.9. The van der Waals surface area contributed by atoms with Crippen LogP contribution in [0.4, 0.5) is 6.01 Å². The minimum absolute atomic E-state index is 0.0585. The van der Waals surface area contributed by atoms with Gasteiger partial charge in [0.05, 0.1) is 22.3 Å². The van der Waals surface area contributed by atoms with Crippen molar-refractivity contribution in [1.29, 1.82) is 0 Å². The SMILES string of the molecule is CCOc1cc(CN2CCC(Nc3nc4cc(S(=O)(=O)CC)ccc4o3)CC2)ccc1Cl. The van der Waals surface area contributed by atoms with Gasteiger partial charge in [0.2, 0.25) is 0 Å². The number of aromatic nitrogens is 1. The molecule has 1 N–H and O–H groups in total. The maximum Gasteiger partial charge on any atom is 0.295 e. The van der Waals surface area contributed by atoms with E-state index in [4.69, 9.17) is 20.8 Å². The average Bonchev–Trinajstić information content (AvgIpc) is 3.19. The van der Waals surface area contributed by atoms with Gasteiger partial charge in [0.25, 0.3) is 6.01 Å². The number of rotatable bonds is 8. The summed E-state index contributed by atoms with van der Waals surface area (Å²) in [5.74, 6) is 0.789. The molecule has 0 spiro atoms. The number of fused-ring (bicyclic) bond motifs is 1. The Bertz CT molecular complexity index is 1190. The van der Waals surface area contributed by atoms with E-state index in [9.17, 15) is 8.42 Å². The quantitative estimate of drug-likeness (QED) is 0.501. The number of halogens is 1. The number of piperidine rings is 1. The predicted molar refractivity (Wildman–Crippen MR) is 126 cm³/mol. The summed E-state index contributed by atoms with van der Waals surface area (Å²) in [4.78, 5) is 7.14. The normalized spacial score (nSPS) is 15.8. The molecule has 1 saturated heterocycles. The standard InChI is InChI=1S/C23H28ClN3O4S/c1-3-30-22-13-16(5-7-19(22)24)15-27-11-9-17(10-12-27)25-23-26-20-14-18(32(28,29)4-2)6-8-21(20)31-23/h5-8,13-14,17H,3-4,9-12,15H2,1-2H3,(H,25,26). The molecule has 2 aromatic carbocycles. The third kappa shape index (κ3) is 5.19. The molecule has 0 aliphatic carbocycles. The van der Waals surface area contributed by atoms with Crippen LogP contribution in [0.15, 0.2) is 45.7 Å². The zero-order valence-corrected chi connectivity index (χ0v) is 19.9. The molecular weight excluding hydrogens is 450 g/mol. The Balaban J connectivity index is 1.35. The number of ether oxygens (including phenoxy) is 1. The monoisotopic (exact) mass is 477 g/mol. The van der Waals surface area contributed by atoms with Crippen molar-refractivity contribution in [1.82, 2.24) is 9.88 Å². The Hall–Kier alpha value is -2.29. The maximum atomic E-state index is 12.1. The van der Waals surface area contributed by atoms with E-state index in [0.29, 0.717) is 28.7 Å². The van der Waals surface area contributed by atoms with Crippen molar-refractivity contribution in [3.05, 3.63) is 47.0 Å². The van der Waals surface area contributed by atoms with Crippen LogP contribution >= 0.6 is 11.6 Å². The van der Waals surface area contributed by atoms with E-state index in [-0.39, 0.29) is 16.7 Å². The van der Waals surface area contributed by atoms with Crippen molar-refractivity contribution in [3.8, 4) is 5.75 Å². The Labute approximate surface area is 193 Å². The van der Waals surface area contributed by atoms with E-state index in [1.165, 1.54) is 5.56 Å². The van der Waals surface area contributed by atoms with Crippen LogP contribution < -0.4 is 10.1 Å². The second-order valence-corrected chi connectivity index (χ2v) is 10.6. The Morgan fingerprint density at radius 1 is 1.19 bits per heavy atom. The van der Waals surface area contributed by atoms with Gasteiger partial charge in [-0.15, -0.1) is 0 Å². The molecule has 0 saturated carbocycles. The van der Waals surface area contributed by atoms with Crippen molar-refractivity contribution in [2.75, 3.05) is 30.8 Å². The molecule has 0 atom stereocenters. The second-order valence-electron chi connectivity index (χ2n) is 7.94. The summed E-state index contributed by atoms with van der Waals surface area (Å²) in [5, 5.41) is 4.00. The van der Waals surface area contributed by atoms with Gasteiger partial charge in [0.1, 0.15) is 11.3 Å². The van der Waals surface area contributed by atoms with Gasteiger partial charge in [0, 0.05) is 25.7 Å². The van der Waals surface area contributed by atoms with Gasteiger partial charge in [0.15, 0.2) is 15.4 Å². The van der Waals surface area contributed by atoms with E-state index in [1.807, 2.05) is 25.1 Å². The number of likely N-dealkylation sites (tertiary alicyclic amines) is 1. The average molecular weight is 478 g/mol. The molecule has 3 aromatic rings. The molecule has 0 radical (unpaired) electrons. The summed E-state index contributed by atoms with van der Waals surface area (Å²) in [6.45, 7) is 6.91. The first kappa shape index (κ1) is 22.9. The number of nitrogens with zero attached hydrogens (tertiary/aromatic N) is 2. The van der Waals surface area contributed by atoms with E-state index in [1.54, 1.807) is 25.1 Å². The minimum atomic E-state index is -3.27. The van der Waals surface area contributed by atoms with Crippen LogP contribution in [0.2, 0.25) is 5.02 Å². The highest BCUT2D eigenvalue weighted by molar-refractivity contribution is 7.91. The van der Waals surface area contributed by atoms with Crippen LogP contribution in [0.1, 0.15) is 32.3 Å². The van der Waals surface area contributed by atoms with Crippen molar-refractivity contribution in [2.24, 2.45) is 0 Å². The molecule has 0 amide bonds. The van der Waals surface area contributed by atoms with Crippen LogP contribution in [-0.4, -0.2) is 49.8 Å². The minimum Gasteiger partial charge on any atom is -0.492 e. The smallest absolute Gasteiger partial charge is 0.295 e. The number of sulfone groups is 1. The van der Waals surface area contributed by atoms with Crippen molar-refractivity contribution in [3.63, 3.8) is 0 Å². The lowest BCUT2D eigenvalue weighted by Gasteiger charge is -2.32. The first-order valence-corrected chi connectivity index (χ1v) is 12.9. The molecule has 0 unspecified atom stereocenters. The van der Waals surface area contributed by atoms with Gasteiger partial charge >= 0.3 is 0 Å². The summed E-state index contributed by atoms with van der Waals surface area (Å²) >= 11 is 6.19. The lowest BCUT2D eigenvalue weighted by molar-refractivity contribution is 0.210. The zero-order chi connectivity index (χ0) is 22.7. The molecule has 2 heterocycles. The molecule has 7 nitrogen and oxygen atoms in total.